The molecule has 2 nitrogen and oxygen atoms in total. The van der Waals surface area contributed by atoms with Crippen molar-refractivity contribution in [2.24, 2.45) is 0 Å². The summed E-state index contributed by atoms with van der Waals surface area (Å²) in [6, 6.07) is 13.9. The maximum atomic E-state index is 9.35. The molecule has 0 aliphatic carbocycles. The SMILES string of the molecule is CCC(Nc1ccc(Br)cc1C)c1ccc(O)cc1. The first-order valence-corrected chi connectivity index (χ1v) is 7.21. The first kappa shape index (κ1) is 13.9. The van der Waals surface area contributed by atoms with Crippen molar-refractivity contribution in [2.75, 3.05) is 5.32 Å². The minimum Gasteiger partial charge on any atom is -0.508 e. The van der Waals surface area contributed by atoms with Gasteiger partial charge in [-0.05, 0) is 54.8 Å². The molecule has 1 unspecified atom stereocenters. The number of rotatable bonds is 4. The van der Waals surface area contributed by atoms with E-state index in [1.54, 1.807) is 12.1 Å². The van der Waals surface area contributed by atoms with Crippen molar-refractivity contribution in [1.82, 2.24) is 0 Å². The standard InChI is InChI=1S/C16H18BrNO/c1-3-15(12-4-7-14(19)8-5-12)18-16-9-6-13(17)10-11(16)2/h4-10,15,18-19H,3H2,1-2H3. The van der Waals surface area contributed by atoms with Crippen molar-refractivity contribution < 1.29 is 5.11 Å². The third-order valence-corrected chi connectivity index (χ3v) is 3.72. The zero-order valence-corrected chi connectivity index (χ0v) is 12.7. The molecule has 0 amide bonds. The Labute approximate surface area is 122 Å². The highest BCUT2D eigenvalue weighted by Gasteiger charge is 2.10. The van der Waals surface area contributed by atoms with Crippen LogP contribution >= 0.6 is 15.9 Å². The molecule has 100 valence electrons. The van der Waals surface area contributed by atoms with Crippen molar-refractivity contribution in [1.29, 1.82) is 0 Å². The van der Waals surface area contributed by atoms with Gasteiger partial charge in [0.1, 0.15) is 5.75 Å². The van der Waals surface area contributed by atoms with Crippen molar-refractivity contribution in [3.8, 4) is 5.75 Å². The van der Waals surface area contributed by atoms with E-state index in [0.29, 0.717) is 5.75 Å². The van der Waals surface area contributed by atoms with E-state index in [1.807, 2.05) is 18.2 Å². The van der Waals surface area contributed by atoms with Gasteiger partial charge in [0, 0.05) is 10.2 Å². The lowest BCUT2D eigenvalue weighted by Gasteiger charge is -2.20. The van der Waals surface area contributed by atoms with E-state index in [0.717, 1.165) is 16.6 Å². The van der Waals surface area contributed by atoms with Gasteiger partial charge in [-0.3, -0.25) is 0 Å². The number of anilines is 1. The molecule has 0 heterocycles. The molecule has 0 radical (unpaired) electrons. The summed E-state index contributed by atoms with van der Waals surface area (Å²) in [6.45, 7) is 4.25. The summed E-state index contributed by atoms with van der Waals surface area (Å²) in [6.07, 6.45) is 0.986. The third kappa shape index (κ3) is 3.51. The Morgan fingerprint density at radius 3 is 2.42 bits per heavy atom. The van der Waals surface area contributed by atoms with Crippen molar-refractivity contribution in [2.45, 2.75) is 26.3 Å². The molecule has 0 saturated carbocycles. The molecule has 0 bridgehead atoms. The second kappa shape index (κ2) is 6.11. The number of phenols is 1. The highest BCUT2D eigenvalue weighted by atomic mass is 79.9. The van der Waals surface area contributed by atoms with Gasteiger partial charge in [-0.25, -0.2) is 0 Å². The lowest BCUT2D eigenvalue weighted by Crippen LogP contribution is -2.10. The van der Waals surface area contributed by atoms with Crippen LogP contribution in [0.3, 0.4) is 0 Å². The summed E-state index contributed by atoms with van der Waals surface area (Å²) < 4.78 is 1.09. The van der Waals surface area contributed by atoms with Crippen LogP contribution in [0.2, 0.25) is 0 Å². The Morgan fingerprint density at radius 2 is 1.84 bits per heavy atom. The number of phenolic OH excluding ortho intramolecular Hbond substituents is 1. The van der Waals surface area contributed by atoms with Crippen molar-refractivity contribution >= 4 is 21.6 Å². The maximum absolute atomic E-state index is 9.35. The molecule has 1 atom stereocenters. The van der Waals surface area contributed by atoms with Crippen molar-refractivity contribution in [3.05, 3.63) is 58.1 Å². The van der Waals surface area contributed by atoms with Crippen LogP contribution in [-0.2, 0) is 0 Å². The van der Waals surface area contributed by atoms with Crippen LogP contribution in [-0.4, -0.2) is 5.11 Å². The average molecular weight is 320 g/mol. The van der Waals surface area contributed by atoms with E-state index in [1.165, 1.54) is 11.1 Å². The number of aromatic hydroxyl groups is 1. The van der Waals surface area contributed by atoms with E-state index in [4.69, 9.17) is 0 Å². The Morgan fingerprint density at radius 1 is 1.16 bits per heavy atom. The number of hydrogen-bond donors (Lipinski definition) is 2. The summed E-state index contributed by atoms with van der Waals surface area (Å²) in [5.74, 6) is 0.304. The van der Waals surface area contributed by atoms with Crippen LogP contribution in [0.1, 0.15) is 30.5 Å². The first-order valence-electron chi connectivity index (χ1n) is 6.41. The van der Waals surface area contributed by atoms with Crippen LogP contribution in [0.5, 0.6) is 5.75 Å². The molecule has 2 rings (SSSR count). The summed E-state index contributed by atoms with van der Waals surface area (Å²) in [5.41, 5.74) is 3.54. The van der Waals surface area contributed by atoms with E-state index in [2.05, 4.69) is 47.2 Å². The van der Waals surface area contributed by atoms with Gasteiger partial charge in [-0.15, -0.1) is 0 Å². The zero-order chi connectivity index (χ0) is 13.8. The van der Waals surface area contributed by atoms with Gasteiger partial charge in [0.2, 0.25) is 0 Å². The third-order valence-electron chi connectivity index (χ3n) is 3.22. The summed E-state index contributed by atoms with van der Waals surface area (Å²) >= 11 is 3.48. The Kier molecular flexibility index (Phi) is 4.48. The number of aryl methyl sites for hydroxylation is 1. The molecule has 0 aromatic heterocycles. The lowest BCUT2D eigenvalue weighted by molar-refractivity contribution is 0.475. The van der Waals surface area contributed by atoms with Crippen LogP contribution in [0.4, 0.5) is 5.69 Å². The number of benzene rings is 2. The van der Waals surface area contributed by atoms with Crippen molar-refractivity contribution in [3.63, 3.8) is 0 Å². The van der Waals surface area contributed by atoms with Gasteiger partial charge in [-0.1, -0.05) is 35.0 Å². The molecule has 0 aliphatic rings. The predicted octanol–water partition coefficient (Wildman–Crippen LogP) is 5.03. The zero-order valence-electron chi connectivity index (χ0n) is 11.2. The van der Waals surface area contributed by atoms with Gasteiger partial charge in [-0.2, -0.15) is 0 Å². The molecule has 2 aromatic carbocycles. The minimum absolute atomic E-state index is 0.250. The van der Waals surface area contributed by atoms with Gasteiger partial charge in [0.05, 0.1) is 6.04 Å². The Balaban J connectivity index is 2.21. The minimum atomic E-state index is 0.250. The van der Waals surface area contributed by atoms with Gasteiger partial charge >= 0.3 is 0 Å². The van der Waals surface area contributed by atoms with E-state index in [-0.39, 0.29) is 6.04 Å². The largest absolute Gasteiger partial charge is 0.508 e. The fraction of sp³-hybridized carbons (Fsp3) is 0.250. The fourth-order valence-corrected chi connectivity index (χ4v) is 2.58. The molecule has 2 N–H and O–H groups in total. The lowest BCUT2D eigenvalue weighted by atomic mass is 10.0. The normalized spacial score (nSPS) is 12.2. The first-order chi connectivity index (χ1) is 9.10. The molecule has 0 spiro atoms. The molecule has 0 saturated heterocycles. The quantitative estimate of drug-likeness (QED) is 0.828. The van der Waals surface area contributed by atoms with E-state index >= 15 is 0 Å². The van der Waals surface area contributed by atoms with Crippen LogP contribution < -0.4 is 5.32 Å². The monoisotopic (exact) mass is 319 g/mol. The number of nitrogens with one attached hydrogen (secondary N) is 1. The van der Waals surface area contributed by atoms with Crippen LogP contribution in [0.25, 0.3) is 0 Å². The number of hydrogen-bond acceptors (Lipinski definition) is 2. The predicted molar refractivity (Wildman–Crippen MR) is 83.6 cm³/mol. The molecular weight excluding hydrogens is 302 g/mol. The summed E-state index contributed by atoms with van der Waals surface area (Å²) in [7, 11) is 0. The topological polar surface area (TPSA) is 32.3 Å². The summed E-state index contributed by atoms with van der Waals surface area (Å²) in [4.78, 5) is 0. The van der Waals surface area contributed by atoms with Crippen LogP contribution in [0.15, 0.2) is 46.9 Å². The smallest absolute Gasteiger partial charge is 0.115 e. The van der Waals surface area contributed by atoms with E-state index < -0.39 is 0 Å². The second-order valence-corrected chi connectivity index (χ2v) is 5.57. The average Bonchev–Trinajstić information content (AvgIpc) is 2.39. The Bertz CT molecular complexity index is 551. The molecule has 3 heteroatoms. The van der Waals surface area contributed by atoms with E-state index in [9.17, 15) is 5.11 Å². The molecule has 0 aliphatic heterocycles. The van der Waals surface area contributed by atoms with Gasteiger partial charge in [0.15, 0.2) is 0 Å². The molecule has 19 heavy (non-hydrogen) atoms. The maximum Gasteiger partial charge on any atom is 0.115 e. The molecule has 0 fully saturated rings. The highest BCUT2D eigenvalue weighted by molar-refractivity contribution is 9.10. The molecule has 2 aromatic rings. The van der Waals surface area contributed by atoms with Crippen LogP contribution in [0, 0.1) is 6.92 Å². The number of halogens is 1. The second-order valence-electron chi connectivity index (χ2n) is 4.66. The van der Waals surface area contributed by atoms with Gasteiger partial charge in [0.25, 0.3) is 0 Å². The fourth-order valence-electron chi connectivity index (χ4n) is 2.10. The Hall–Kier alpha value is -1.48. The molecular formula is C16H18BrNO. The highest BCUT2D eigenvalue weighted by Crippen LogP contribution is 2.27. The van der Waals surface area contributed by atoms with Gasteiger partial charge < -0.3 is 10.4 Å². The summed E-state index contributed by atoms with van der Waals surface area (Å²) in [5, 5.41) is 12.9.